The normalized spacial score (nSPS) is 11.0. The fourth-order valence-electron chi connectivity index (χ4n) is 2.54. The van der Waals surface area contributed by atoms with Gasteiger partial charge in [-0.05, 0) is 47.9 Å². The third-order valence-corrected chi connectivity index (χ3v) is 3.86. The Morgan fingerprint density at radius 2 is 1.76 bits per heavy atom. The van der Waals surface area contributed by atoms with E-state index in [2.05, 4.69) is 4.98 Å². The van der Waals surface area contributed by atoms with Crippen molar-refractivity contribution in [2.24, 2.45) is 0 Å². The van der Waals surface area contributed by atoms with Gasteiger partial charge in [0.2, 0.25) is 0 Å². The molecule has 1 N–H and O–H groups in total. The van der Waals surface area contributed by atoms with E-state index in [1.165, 1.54) is 26.4 Å². The predicted octanol–water partition coefficient (Wildman–Crippen LogP) is 3.44. The van der Waals surface area contributed by atoms with Crippen molar-refractivity contribution in [1.29, 1.82) is 0 Å². The number of fused-ring (bicyclic) bond motifs is 1. The van der Waals surface area contributed by atoms with Gasteiger partial charge in [0, 0.05) is 16.6 Å². The summed E-state index contributed by atoms with van der Waals surface area (Å²) < 4.78 is 10.4. The number of pyridine rings is 1. The molecule has 0 aliphatic carbocycles. The minimum absolute atomic E-state index is 0.228. The molecule has 25 heavy (non-hydrogen) atoms. The number of aromatic amines is 1. The van der Waals surface area contributed by atoms with Gasteiger partial charge < -0.3 is 14.5 Å². The number of carbonyl (C=O) groups is 1. The minimum Gasteiger partial charge on any atom is -0.493 e. The highest BCUT2D eigenvalue weighted by Gasteiger charge is 2.09. The molecule has 5 nitrogen and oxygen atoms in total. The van der Waals surface area contributed by atoms with Crippen LogP contribution in [0.4, 0.5) is 0 Å². The number of nitrogens with one attached hydrogen (secondary N) is 1. The highest BCUT2D eigenvalue weighted by molar-refractivity contribution is 6.07. The van der Waals surface area contributed by atoms with Crippen LogP contribution in [0.2, 0.25) is 0 Å². The lowest BCUT2D eigenvalue weighted by molar-refractivity contribution is 0.104. The molecule has 0 saturated heterocycles. The molecule has 0 radical (unpaired) electrons. The second kappa shape index (κ2) is 7.05. The van der Waals surface area contributed by atoms with Gasteiger partial charge in [-0.1, -0.05) is 18.2 Å². The number of methoxy groups -OCH3 is 2. The number of benzene rings is 2. The fraction of sp³-hybridized carbons (Fsp3) is 0.100. The van der Waals surface area contributed by atoms with Crippen LogP contribution in [-0.4, -0.2) is 25.0 Å². The maximum atomic E-state index is 12.4. The first kappa shape index (κ1) is 16.5. The van der Waals surface area contributed by atoms with E-state index in [-0.39, 0.29) is 11.3 Å². The van der Waals surface area contributed by atoms with E-state index >= 15 is 0 Å². The number of H-pyrrole nitrogens is 1. The summed E-state index contributed by atoms with van der Waals surface area (Å²) in [4.78, 5) is 27.3. The number of rotatable bonds is 5. The Morgan fingerprint density at radius 1 is 1.00 bits per heavy atom. The number of hydrogen-bond donors (Lipinski definition) is 1. The van der Waals surface area contributed by atoms with Crippen LogP contribution in [0.3, 0.4) is 0 Å². The molecular weight excluding hydrogens is 318 g/mol. The smallest absolute Gasteiger partial charge is 0.255 e. The maximum Gasteiger partial charge on any atom is 0.255 e. The number of allylic oxidation sites excluding steroid dienone is 1. The Labute approximate surface area is 144 Å². The van der Waals surface area contributed by atoms with Gasteiger partial charge in [-0.15, -0.1) is 0 Å². The van der Waals surface area contributed by atoms with Crippen LogP contribution in [0.15, 0.2) is 59.4 Å². The molecule has 5 heteroatoms. The van der Waals surface area contributed by atoms with Crippen molar-refractivity contribution in [2.45, 2.75) is 0 Å². The van der Waals surface area contributed by atoms with Crippen molar-refractivity contribution >= 4 is 22.8 Å². The maximum absolute atomic E-state index is 12.4. The molecular formula is C20H17NO4. The first-order valence-corrected chi connectivity index (χ1v) is 7.69. The summed E-state index contributed by atoms with van der Waals surface area (Å²) in [7, 11) is 3.04. The van der Waals surface area contributed by atoms with Crippen LogP contribution in [-0.2, 0) is 0 Å². The Morgan fingerprint density at radius 3 is 2.52 bits per heavy atom. The zero-order chi connectivity index (χ0) is 17.8. The molecule has 0 aliphatic heterocycles. The Hall–Kier alpha value is -3.34. The molecule has 3 aromatic rings. The summed E-state index contributed by atoms with van der Waals surface area (Å²) in [5, 5.41) is 0.903. The Balaban J connectivity index is 1.90. The molecule has 3 rings (SSSR count). The molecule has 0 amide bonds. The van der Waals surface area contributed by atoms with Gasteiger partial charge in [-0.2, -0.15) is 0 Å². The SMILES string of the molecule is COc1ccc(C(=O)C=Cc2cc3ccccc3[nH]c2=O)cc1OC. The molecule has 2 aromatic carbocycles. The topological polar surface area (TPSA) is 68.4 Å². The van der Waals surface area contributed by atoms with Gasteiger partial charge >= 0.3 is 0 Å². The van der Waals surface area contributed by atoms with E-state index in [0.29, 0.717) is 22.6 Å². The van der Waals surface area contributed by atoms with Crippen molar-refractivity contribution in [3.63, 3.8) is 0 Å². The lowest BCUT2D eigenvalue weighted by Crippen LogP contribution is -2.09. The van der Waals surface area contributed by atoms with Crippen LogP contribution in [0.5, 0.6) is 11.5 Å². The standard InChI is InChI=1S/C20H17NO4/c1-24-18-10-8-14(12-19(18)25-2)17(22)9-7-15-11-13-5-3-4-6-16(13)21-20(15)23/h3-12H,1-2H3,(H,21,23). The van der Waals surface area contributed by atoms with Crippen LogP contribution in [0.1, 0.15) is 15.9 Å². The van der Waals surface area contributed by atoms with Gasteiger partial charge in [-0.3, -0.25) is 9.59 Å². The summed E-state index contributed by atoms with van der Waals surface area (Å²) in [6, 6.07) is 14.2. The number of para-hydroxylation sites is 1. The first-order valence-electron chi connectivity index (χ1n) is 7.69. The van der Waals surface area contributed by atoms with Crippen molar-refractivity contribution in [1.82, 2.24) is 4.98 Å². The lowest BCUT2D eigenvalue weighted by Gasteiger charge is -2.08. The minimum atomic E-state index is -0.241. The van der Waals surface area contributed by atoms with Crippen LogP contribution >= 0.6 is 0 Å². The second-order valence-corrected chi connectivity index (χ2v) is 5.41. The van der Waals surface area contributed by atoms with Gasteiger partial charge in [0.15, 0.2) is 17.3 Å². The Bertz CT molecular complexity index is 1020. The van der Waals surface area contributed by atoms with E-state index in [4.69, 9.17) is 9.47 Å². The van der Waals surface area contributed by atoms with Gasteiger partial charge in [0.25, 0.3) is 5.56 Å². The molecule has 0 saturated carbocycles. The quantitative estimate of drug-likeness (QED) is 0.573. The van der Waals surface area contributed by atoms with E-state index in [1.54, 1.807) is 24.3 Å². The van der Waals surface area contributed by atoms with E-state index in [1.807, 2.05) is 24.3 Å². The van der Waals surface area contributed by atoms with Crippen LogP contribution in [0.25, 0.3) is 17.0 Å². The third-order valence-electron chi connectivity index (χ3n) is 3.86. The number of hydrogen-bond acceptors (Lipinski definition) is 4. The van der Waals surface area contributed by atoms with Crippen molar-refractivity contribution in [2.75, 3.05) is 14.2 Å². The van der Waals surface area contributed by atoms with Crippen molar-refractivity contribution in [3.05, 3.63) is 76.1 Å². The van der Waals surface area contributed by atoms with Crippen molar-refractivity contribution in [3.8, 4) is 11.5 Å². The summed E-state index contributed by atoms with van der Waals surface area (Å²) in [5.74, 6) is 0.799. The molecule has 0 unspecified atom stereocenters. The highest BCUT2D eigenvalue weighted by atomic mass is 16.5. The highest BCUT2D eigenvalue weighted by Crippen LogP contribution is 2.27. The lowest BCUT2D eigenvalue weighted by atomic mass is 10.1. The van der Waals surface area contributed by atoms with Gasteiger partial charge in [0.05, 0.1) is 14.2 Å². The molecule has 0 atom stereocenters. The fourth-order valence-corrected chi connectivity index (χ4v) is 2.54. The van der Waals surface area contributed by atoms with Crippen LogP contribution in [0, 0.1) is 0 Å². The van der Waals surface area contributed by atoms with E-state index in [9.17, 15) is 9.59 Å². The Kier molecular flexibility index (Phi) is 4.66. The third kappa shape index (κ3) is 3.45. The first-order chi connectivity index (χ1) is 12.1. The zero-order valence-electron chi connectivity index (χ0n) is 13.9. The summed E-state index contributed by atoms with van der Waals surface area (Å²) in [6.45, 7) is 0. The molecule has 0 fully saturated rings. The van der Waals surface area contributed by atoms with Crippen LogP contribution < -0.4 is 15.0 Å². The molecule has 1 aromatic heterocycles. The molecule has 0 aliphatic rings. The van der Waals surface area contributed by atoms with Gasteiger partial charge in [0.1, 0.15) is 0 Å². The van der Waals surface area contributed by atoms with Gasteiger partial charge in [-0.25, -0.2) is 0 Å². The molecule has 1 heterocycles. The summed E-state index contributed by atoms with van der Waals surface area (Å²) in [6.07, 6.45) is 2.89. The molecule has 0 spiro atoms. The monoisotopic (exact) mass is 335 g/mol. The average Bonchev–Trinajstić information content (AvgIpc) is 2.65. The second-order valence-electron chi connectivity index (χ2n) is 5.41. The molecule has 126 valence electrons. The number of carbonyl (C=O) groups excluding carboxylic acids is 1. The number of aromatic nitrogens is 1. The number of ether oxygens (including phenoxy) is 2. The summed E-state index contributed by atoms with van der Waals surface area (Å²) in [5.41, 5.74) is 1.39. The van der Waals surface area contributed by atoms with E-state index in [0.717, 1.165) is 10.9 Å². The zero-order valence-corrected chi connectivity index (χ0v) is 13.9. The summed E-state index contributed by atoms with van der Waals surface area (Å²) >= 11 is 0. The largest absolute Gasteiger partial charge is 0.493 e. The van der Waals surface area contributed by atoms with Crippen molar-refractivity contribution < 1.29 is 14.3 Å². The average molecular weight is 335 g/mol. The van der Waals surface area contributed by atoms with E-state index < -0.39 is 0 Å². The predicted molar refractivity (Wildman–Crippen MR) is 97.5 cm³/mol. The molecule has 0 bridgehead atoms. The number of ketones is 1.